The molecule has 2 unspecified atom stereocenters. The fourth-order valence-electron chi connectivity index (χ4n) is 2.57. The highest BCUT2D eigenvalue weighted by atomic mass is 16.5. The van der Waals surface area contributed by atoms with Crippen LogP contribution in [-0.2, 0) is 4.74 Å². The summed E-state index contributed by atoms with van der Waals surface area (Å²) in [6.07, 6.45) is 2.72. The zero-order valence-electron chi connectivity index (χ0n) is 9.17. The van der Waals surface area contributed by atoms with E-state index in [4.69, 9.17) is 4.74 Å². The van der Waals surface area contributed by atoms with Gasteiger partial charge in [0, 0.05) is 19.1 Å². The molecule has 2 aliphatic heterocycles. The molecule has 2 fully saturated rings. The molecule has 3 heteroatoms. The average Bonchev–Trinajstić information content (AvgIpc) is 2.72. The quantitative estimate of drug-likeness (QED) is 0.723. The van der Waals surface area contributed by atoms with Crippen LogP contribution in [0.1, 0.15) is 19.8 Å². The number of nitrogens with zero attached hydrogens (tertiary/aromatic N) is 1. The minimum atomic E-state index is 0.740. The van der Waals surface area contributed by atoms with Crippen molar-refractivity contribution in [1.82, 2.24) is 10.2 Å². The van der Waals surface area contributed by atoms with Crippen LogP contribution in [0.5, 0.6) is 0 Å². The van der Waals surface area contributed by atoms with Crippen molar-refractivity contribution in [2.45, 2.75) is 25.8 Å². The van der Waals surface area contributed by atoms with E-state index in [9.17, 15) is 0 Å². The summed E-state index contributed by atoms with van der Waals surface area (Å²) in [7, 11) is 0. The summed E-state index contributed by atoms with van der Waals surface area (Å²) in [6.45, 7) is 8.92. The SMILES string of the molecule is CC(CC1CCNC1)N1CCOCC1. The van der Waals surface area contributed by atoms with Crippen molar-refractivity contribution >= 4 is 0 Å². The maximum atomic E-state index is 5.37. The first-order valence-electron chi connectivity index (χ1n) is 5.89. The van der Waals surface area contributed by atoms with Gasteiger partial charge in [0.1, 0.15) is 0 Å². The van der Waals surface area contributed by atoms with E-state index in [-0.39, 0.29) is 0 Å². The molecule has 0 spiro atoms. The lowest BCUT2D eigenvalue weighted by Gasteiger charge is -2.33. The zero-order chi connectivity index (χ0) is 9.80. The molecule has 0 aromatic carbocycles. The molecule has 0 aromatic heterocycles. The standard InChI is InChI=1S/C11H22N2O/c1-10(8-11-2-3-12-9-11)13-4-6-14-7-5-13/h10-12H,2-9H2,1H3. The molecule has 2 saturated heterocycles. The normalized spacial score (nSPS) is 31.9. The van der Waals surface area contributed by atoms with E-state index in [2.05, 4.69) is 17.1 Å². The average molecular weight is 198 g/mol. The molecule has 0 aliphatic carbocycles. The van der Waals surface area contributed by atoms with Crippen molar-refractivity contribution in [3.8, 4) is 0 Å². The van der Waals surface area contributed by atoms with E-state index >= 15 is 0 Å². The second kappa shape index (κ2) is 5.10. The second-order valence-electron chi connectivity index (χ2n) is 4.59. The summed E-state index contributed by atoms with van der Waals surface area (Å²) in [5.74, 6) is 0.910. The van der Waals surface area contributed by atoms with E-state index in [1.54, 1.807) is 0 Å². The summed E-state index contributed by atoms with van der Waals surface area (Å²) >= 11 is 0. The zero-order valence-corrected chi connectivity index (χ0v) is 9.17. The van der Waals surface area contributed by atoms with Crippen LogP contribution in [0.4, 0.5) is 0 Å². The lowest BCUT2D eigenvalue weighted by Crippen LogP contribution is -2.43. The van der Waals surface area contributed by atoms with Gasteiger partial charge < -0.3 is 10.1 Å². The summed E-state index contributed by atoms with van der Waals surface area (Å²) in [5, 5.41) is 3.44. The van der Waals surface area contributed by atoms with Crippen molar-refractivity contribution in [2.75, 3.05) is 39.4 Å². The van der Waals surface area contributed by atoms with Gasteiger partial charge in [0.15, 0.2) is 0 Å². The topological polar surface area (TPSA) is 24.5 Å². The Morgan fingerprint density at radius 3 is 2.86 bits per heavy atom. The number of morpholine rings is 1. The van der Waals surface area contributed by atoms with Gasteiger partial charge in [-0.3, -0.25) is 4.90 Å². The third-order valence-electron chi connectivity index (χ3n) is 3.51. The summed E-state index contributed by atoms with van der Waals surface area (Å²) in [6, 6.07) is 0.740. The van der Waals surface area contributed by atoms with Crippen LogP contribution in [0.3, 0.4) is 0 Å². The molecule has 0 aromatic rings. The predicted molar refractivity (Wildman–Crippen MR) is 57.4 cm³/mol. The molecular formula is C11H22N2O. The fraction of sp³-hybridized carbons (Fsp3) is 1.00. The van der Waals surface area contributed by atoms with Crippen LogP contribution < -0.4 is 5.32 Å². The molecule has 3 nitrogen and oxygen atoms in total. The number of nitrogens with one attached hydrogen (secondary N) is 1. The maximum Gasteiger partial charge on any atom is 0.0594 e. The molecule has 0 saturated carbocycles. The lowest BCUT2D eigenvalue weighted by atomic mass is 9.99. The molecular weight excluding hydrogens is 176 g/mol. The van der Waals surface area contributed by atoms with Crippen LogP contribution in [-0.4, -0.2) is 50.3 Å². The number of ether oxygens (including phenoxy) is 1. The Kier molecular flexibility index (Phi) is 3.79. The minimum Gasteiger partial charge on any atom is -0.379 e. The van der Waals surface area contributed by atoms with E-state index in [1.165, 1.54) is 25.9 Å². The number of rotatable bonds is 3. The van der Waals surface area contributed by atoms with Gasteiger partial charge in [-0.05, 0) is 38.8 Å². The highest BCUT2D eigenvalue weighted by molar-refractivity contribution is 4.78. The van der Waals surface area contributed by atoms with E-state index in [1.807, 2.05) is 0 Å². The van der Waals surface area contributed by atoms with E-state index in [0.29, 0.717) is 0 Å². The van der Waals surface area contributed by atoms with Gasteiger partial charge in [0.05, 0.1) is 13.2 Å². The van der Waals surface area contributed by atoms with Crippen molar-refractivity contribution in [3.63, 3.8) is 0 Å². The van der Waals surface area contributed by atoms with E-state index in [0.717, 1.165) is 38.3 Å². The highest BCUT2D eigenvalue weighted by Crippen LogP contribution is 2.18. The minimum absolute atomic E-state index is 0.740. The van der Waals surface area contributed by atoms with Gasteiger partial charge >= 0.3 is 0 Å². The first kappa shape index (κ1) is 10.4. The smallest absolute Gasteiger partial charge is 0.0594 e. The molecule has 14 heavy (non-hydrogen) atoms. The Bertz CT molecular complexity index is 163. The van der Waals surface area contributed by atoms with Crippen molar-refractivity contribution in [3.05, 3.63) is 0 Å². The van der Waals surface area contributed by atoms with Gasteiger partial charge in [-0.25, -0.2) is 0 Å². The molecule has 2 rings (SSSR count). The van der Waals surface area contributed by atoms with Crippen molar-refractivity contribution < 1.29 is 4.74 Å². The molecule has 82 valence electrons. The Labute approximate surface area is 86.8 Å². The molecule has 0 amide bonds. The second-order valence-corrected chi connectivity index (χ2v) is 4.59. The summed E-state index contributed by atoms with van der Waals surface area (Å²) in [4.78, 5) is 2.57. The summed E-state index contributed by atoms with van der Waals surface area (Å²) < 4.78 is 5.37. The number of hydrogen-bond acceptors (Lipinski definition) is 3. The number of hydrogen-bond donors (Lipinski definition) is 1. The lowest BCUT2D eigenvalue weighted by molar-refractivity contribution is 0.0159. The van der Waals surface area contributed by atoms with E-state index < -0.39 is 0 Å². The first-order chi connectivity index (χ1) is 6.86. The molecule has 2 aliphatic rings. The van der Waals surface area contributed by atoms with Gasteiger partial charge in [0.25, 0.3) is 0 Å². The Morgan fingerprint density at radius 2 is 2.21 bits per heavy atom. The highest BCUT2D eigenvalue weighted by Gasteiger charge is 2.22. The molecule has 2 heterocycles. The monoisotopic (exact) mass is 198 g/mol. The van der Waals surface area contributed by atoms with Gasteiger partial charge in [-0.15, -0.1) is 0 Å². The summed E-state index contributed by atoms with van der Waals surface area (Å²) in [5.41, 5.74) is 0. The van der Waals surface area contributed by atoms with Crippen LogP contribution >= 0.6 is 0 Å². The van der Waals surface area contributed by atoms with Crippen LogP contribution in [0, 0.1) is 5.92 Å². The predicted octanol–water partition coefficient (Wildman–Crippen LogP) is 0.707. The Hall–Kier alpha value is -0.120. The third-order valence-corrected chi connectivity index (χ3v) is 3.51. The van der Waals surface area contributed by atoms with Gasteiger partial charge in [0.2, 0.25) is 0 Å². The Balaban J connectivity index is 1.72. The van der Waals surface area contributed by atoms with Crippen LogP contribution in [0.2, 0.25) is 0 Å². The largest absolute Gasteiger partial charge is 0.379 e. The van der Waals surface area contributed by atoms with Gasteiger partial charge in [-0.1, -0.05) is 0 Å². The van der Waals surface area contributed by atoms with Crippen LogP contribution in [0.25, 0.3) is 0 Å². The molecule has 1 N–H and O–H groups in total. The molecule has 0 bridgehead atoms. The maximum absolute atomic E-state index is 5.37. The first-order valence-corrected chi connectivity index (χ1v) is 5.89. The fourth-order valence-corrected chi connectivity index (χ4v) is 2.57. The molecule has 2 atom stereocenters. The van der Waals surface area contributed by atoms with Crippen molar-refractivity contribution in [2.24, 2.45) is 5.92 Å². The Morgan fingerprint density at radius 1 is 1.43 bits per heavy atom. The molecule has 0 radical (unpaired) electrons. The third kappa shape index (κ3) is 2.69. The van der Waals surface area contributed by atoms with Crippen LogP contribution in [0.15, 0.2) is 0 Å². The van der Waals surface area contributed by atoms with Crippen molar-refractivity contribution in [1.29, 1.82) is 0 Å². The van der Waals surface area contributed by atoms with Gasteiger partial charge in [-0.2, -0.15) is 0 Å².